The van der Waals surface area contributed by atoms with Crippen LogP contribution in [0.2, 0.25) is 0 Å². The fourth-order valence-corrected chi connectivity index (χ4v) is 3.67. The Labute approximate surface area is 150 Å². The lowest BCUT2D eigenvalue weighted by atomic mass is 9.87. The third kappa shape index (κ3) is 4.07. The first kappa shape index (κ1) is 18.4. The number of alkyl halides is 5. The summed E-state index contributed by atoms with van der Waals surface area (Å²) in [6.07, 6.45) is -7.05. The van der Waals surface area contributed by atoms with E-state index in [-0.39, 0.29) is 37.0 Å². The molecule has 0 aromatic heterocycles. The second-order valence-electron chi connectivity index (χ2n) is 6.28. The molecule has 0 saturated heterocycles. The van der Waals surface area contributed by atoms with Gasteiger partial charge in [-0.1, -0.05) is 28.1 Å². The highest BCUT2D eigenvalue weighted by Gasteiger charge is 2.41. The largest absolute Gasteiger partial charge is 0.490 e. The quantitative estimate of drug-likeness (QED) is 0.482. The molecule has 1 fully saturated rings. The van der Waals surface area contributed by atoms with Crippen molar-refractivity contribution in [2.24, 2.45) is 5.92 Å². The number of hydrogen-bond donors (Lipinski definition) is 0. The van der Waals surface area contributed by atoms with Gasteiger partial charge < -0.3 is 4.74 Å². The Morgan fingerprint density at radius 3 is 2.24 bits per heavy atom. The van der Waals surface area contributed by atoms with Gasteiger partial charge in [0.05, 0.1) is 17.6 Å². The molecule has 0 heterocycles. The maximum atomic E-state index is 13.6. The number of rotatable bonds is 3. The Balaban J connectivity index is 1.83. The van der Waals surface area contributed by atoms with Gasteiger partial charge in [-0.05, 0) is 54.7 Å². The molecule has 7 heteroatoms. The molecule has 3 rings (SSSR count). The van der Waals surface area contributed by atoms with Gasteiger partial charge in [0.2, 0.25) is 0 Å². The summed E-state index contributed by atoms with van der Waals surface area (Å²) in [6.45, 7) is 0. The van der Waals surface area contributed by atoms with E-state index in [1.807, 2.05) is 0 Å². The van der Waals surface area contributed by atoms with E-state index in [4.69, 9.17) is 4.74 Å². The number of fused-ring (bicyclic) bond motifs is 1. The first-order chi connectivity index (χ1) is 11.8. The van der Waals surface area contributed by atoms with Gasteiger partial charge in [-0.15, -0.1) is 0 Å². The van der Waals surface area contributed by atoms with E-state index in [1.54, 1.807) is 24.3 Å². The normalized spacial score (nSPS) is 21.7. The van der Waals surface area contributed by atoms with E-state index in [1.165, 1.54) is 6.07 Å². The summed E-state index contributed by atoms with van der Waals surface area (Å²) in [4.78, 5) is 0. The SMILES string of the molecule is FC(F)c1c(O[C@H]2CC[C@@H](C(F)(F)F)CC2)ccc2ccc(Br)cc12. The Morgan fingerprint density at radius 1 is 1.00 bits per heavy atom. The van der Waals surface area contributed by atoms with Gasteiger partial charge in [0.25, 0.3) is 6.43 Å². The van der Waals surface area contributed by atoms with Crippen molar-refractivity contribution in [3.8, 4) is 5.75 Å². The molecule has 0 atom stereocenters. The molecule has 1 saturated carbocycles. The lowest BCUT2D eigenvalue weighted by molar-refractivity contribution is -0.185. The van der Waals surface area contributed by atoms with Gasteiger partial charge in [-0.3, -0.25) is 0 Å². The molecule has 0 spiro atoms. The van der Waals surface area contributed by atoms with Crippen LogP contribution in [0.15, 0.2) is 34.8 Å². The Kier molecular flexibility index (Phi) is 5.23. The van der Waals surface area contributed by atoms with Crippen LogP contribution in [0.5, 0.6) is 5.75 Å². The smallest absolute Gasteiger partial charge is 0.391 e. The van der Waals surface area contributed by atoms with Gasteiger partial charge in [0.1, 0.15) is 5.75 Å². The fraction of sp³-hybridized carbons (Fsp3) is 0.444. The molecule has 0 unspecified atom stereocenters. The van der Waals surface area contributed by atoms with Crippen molar-refractivity contribution in [2.45, 2.75) is 44.4 Å². The van der Waals surface area contributed by atoms with Crippen LogP contribution < -0.4 is 4.74 Å². The van der Waals surface area contributed by atoms with Crippen LogP contribution in [0.25, 0.3) is 10.8 Å². The van der Waals surface area contributed by atoms with Crippen LogP contribution in [0.3, 0.4) is 0 Å². The van der Waals surface area contributed by atoms with Crippen LogP contribution in [0.4, 0.5) is 22.0 Å². The van der Waals surface area contributed by atoms with Crippen molar-refractivity contribution in [1.82, 2.24) is 0 Å². The molecule has 0 N–H and O–H groups in total. The van der Waals surface area contributed by atoms with Gasteiger partial charge in [-0.25, -0.2) is 8.78 Å². The topological polar surface area (TPSA) is 9.23 Å². The summed E-state index contributed by atoms with van der Waals surface area (Å²) in [5, 5.41) is 1.04. The number of ether oxygens (including phenoxy) is 1. The van der Waals surface area contributed by atoms with E-state index in [2.05, 4.69) is 15.9 Å². The highest BCUT2D eigenvalue weighted by Crippen LogP contribution is 2.41. The van der Waals surface area contributed by atoms with E-state index in [0.717, 1.165) is 0 Å². The average molecular weight is 423 g/mol. The molecule has 0 bridgehead atoms. The fourth-order valence-electron chi connectivity index (χ4n) is 3.31. The van der Waals surface area contributed by atoms with E-state index in [9.17, 15) is 22.0 Å². The first-order valence-corrected chi connectivity index (χ1v) is 8.78. The Morgan fingerprint density at radius 2 is 1.64 bits per heavy atom. The van der Waals surface area contributed by atoms with Gasteiger partial charge in [0, 0.05) is 4.47 Å². The highest BCUT2D eigenvalue weighted by molar-refractivity contribution is 9.10. The molecule has 0 aliphatic heterocycles. The minimum Gasteiger partial charge on any atom is -0.490 e. The molecular weight excluding hydrogens is 407 g/mol. The number of hydrogen-bond acceptors (Lipinski definition) is 1. The van der Waals surface area contributed by atoms with Crippen LogP contribution in [-0.2, 0) is 0 Å². The summed E-state index contributed by atoms with van der Waals surface area (Å²) in [5.41, 5.74) is -0.211. The summed E-state index contributed by atoms with van der Waals surface area (Å²) in [5.74, 6) is -1.27. The predicted molar refractivity (Wildman–Crippen MR) is 89.0 cm³/mol. The van der Waals surface area contributed by atoms with Crippen LogP contribution in [0, 0.1) is 5.92 Å². The van der Waals surface area contributed by atoms with Crippen LogP contribution in [-0.4, -0.2) is 12.3 Å². The predicted octanol–water partition coefficient (Wildman–Crippen LogP) is 7.04. The number of halogens is 6. The molecule has 1 aliphatic rings. The van der Waals surface area contributed by atoms with Crippen molar-refractivity contribution in [3.05, 3.63) is 40.4 Å². The minimum atomic E-state index is -4.20. The first-order valence-electron chi connectivity index (χ1n) is 7.99. The van der Waals surface area contributed by atoms with E-state index >= 15 is 0 Å². The molecule has 25 heavy (non-hydrogen) atoms. The zero-order chi connectivity index (χ0) is 18.2. The third-order valence-electron chi connectivity index (χ3n) is 4.63. The summed E-state index contributed by atoms with van der Waals surface area (Å²) < 4.78 is 71.8. The lowest BCUT2D eigenvalue weighted by Crippen LogP contribution is -2.32. The summed E-state index contributed by atoms with van der Waals surface area (Å²) >= 11 is 3.27. The second kappa shape index (κ2) is 7.09. The zero-order valence-corrected chi connectivity index (χ0v) is 14.7. The standard InChI is InChI=1S/C18H16BrF5O/c19-12-5-1-10-2-8-15(16(17(20)21)14(10)9-12)25-13-6-3-11(4-7-13)18(22,23)24/h1-2,5,8-9,11,13,17H,3-4,6-7H2/t11-,13+. The molecule has 1 aliphatic carbocycles. The number of benzene rings is 2. The minimum absolute atomic E-state index is 0.0304. The molecule has 0 radical (unpaired) electrons. The van der Waals surface area contributed by atoms with Gasteiger partial charge in [-0.2, -0.15) is 13.2 Å². The molecular formula is C18H16BrF5O. The lowest BCUT2D eigenvalue weighted by Gasteiger charge is -2.30. The molecule has 1 nitrogen and oxygen atoms in total. The van der Waals surface area contributed by atoms with Crippen molar-refractivity contribution in [1.29, 1.82) is 0 Å². The van der Waals surface area contributed by atoms with E-state index < -0.39 is 24.6 Å². The van der Waals surface area contributed by atoms with Crippen LogP contribution >= 0.6 is 15.9 Å². The second-order valence-corrected chi connectivity index (χ2v) is 7.19. The zero-order valence-electron chi connectivity index (χ0n) is 13.1. The monoisotopic (exact) mass is 422 g/mol. The van der Waals surface area contributed by atoms with Gasteiger partial charge in [0.15, 0.2) is 0 Å². The molecule has 2 aromatic rings. The molecule has 136 valence electrons. The third-order valence-corrected chi connectivity index (χ3v) is 5.13. The van der Waals surface area contributed by atoms with Crippen LogP contribution in [0.1, 0.15) is 37.7 Å². The maximum Gasteiger partial charge on any atom is 0.391 e. The van der Waals surface area contributed by atoms with E-state index in [0.29, 0.717) is 15.2 Å². The highest BCUT2D eigenvalue weighted by atomic mass is 79.9. The molecule has 0 amide bonds. The Bertz CT molecular complexity index is 751. The molecule has 2 aromatic carbocycles. The van der Waals surface area contributed by atoms with Crippen molar-refractivity contribution < 1.29 is 26.7 Å². The Hall–Kier alpha value is -1.37. The van der Waals surface area contributed by atoms with Crippen molar-refractivity contribution >= 4 is 26.7 Å². The average Bonchev–Trinajstić information content (AvgIpc) is 2.53. The van der Waals surface area contributed by atoms with Crippen molar-refractivity contribution in [3.63, 3.8) is 0 Å². The summed E-state index contributed by atoms with van der Waals surface area (Å²) in [7, 11) is 0. The maximum absolute atomic E-state index is 13.6. The summed E-state index contributed by atoms with van der Waals surface area (Å²) in [6, 6.07) is 8.25. The van der Waals surface area contributed by atoms with Crippen molar-refractivity contribution in [2.75, 3.05) is 0 Å². The van der Waals surface area contributed by atoms with Gasteiger partial charge >= 0.3 is 6.18 Å².